The molecule has 2 heterocycles. The molecule has 2 aromatic rings. The molecule has 1 fully saturated rings. The van der Waals surface area contributed by atoms with E-state index in [0.717, 1.165) is 12.5 Å². The number of aromatic nitrogens is 2. The molecule has 6 heteroatoms. The van der Waals surface area contributed by atoms with Gasteiger partial charge in [0.25, 0.3) is 0 Å². The van der Waals surface area contributed by atoms with Crippen molar-refractivity contribution in [2.75, 3.05) is 25.1 Å². The lowest BCUT2D eigenvalue weighted by Gasteiger charge is -2.05. The zero-order valence-electron chi connectivity index (χ0n) is 11.1. The van der Waals surface area contributed by atoms with Crippen molar-refractivity contribution >= 4 is 17.4 Å². The number of nitrogens with zero attached hydrogens (tertiary/aromatic N) is 2. The summed E-state index contributed by atoms with van der Waals surface area (Å²) >= 11 is 0. The van der Waals surface area contributed by atoms with Gasteiger partial charge in [-0.05, 0) is 30.9 Å². The molecular formula is C14H17N3O3. The number of anilines is 1. The van der Waals surface area contributed by atoms with Gasteiger partial charge >= 0.3 is 5.97 Å². The average Bonchev–Trinajstić information content (AvgIpc) is 3.17. The van der Waals surface area contributed by atoms with Crippen LogP contribution in [0.2, 0.25) is 0 Å². The maximum Gasteiger partial charge on any atom is 0.356 e. The number of carboxylic acid groups (broad SMARTS) is 1. The Balaban J connectivity index is 1.66. The van der Waals surface area contributed by atoms with E-state index in [1.165, 1.54) is 12.8 Å². The summed E-state index contributed by atoms with van der Waals surface area (Å²) < 4.78 is 7.07. The molecule has 6 nitrogen and oxygen atoms in total. The van der Waals surface area contributed by atoms with Crippen molar-refractivity contribution in [1.29, 1.82) is 0 Å². The van der Waals surface area contributed by atoms with Crippen LogP contribution in [0.3, 0.4) is 0 Å². The highest BCUT2D eigenvalue weighted by molar-refractivity contribution is 5.92. The van der Waals surface area contributed by atoms with E-state index in [1.54, 1.807) is 22.7 Å². The first-order valence-corrected chi connectivity index (χ1v) is 6.77. The molecular weight excluding hydrogens is 258 g/mol. The maximum atomic E-state index is 11.4. The van der Waals surface area contributed by atoms with Gasteiger partial charge in [0.1, 0.15) is 5.65 Å². The fourth-order valence-electron chi connectivity index (χ4n) is 2.10. The highest BCUT2D eigenvalue weighted by atomic mass is 16.5. The van der Waals surface area contributed by atoms with Crippen LogP contribution >= 0.6 is 0 Å². The molecule has 0 spiro atoms. The average molecular weight is 275 g/mol. The topological polar surface area (TPSA) is 75.9 Å². The first kappa shape index (κ1) is 12.9. The van der Waals surface area contributed by atoms with E-state index in [9.17, 15) is 9.90 Å². The molecule has 0 unspecified atom stereocenters. The molecule has 0 amide bonds. The fourth-order valence-corrected chi connectivity index (χ4v) is 2.10. The second-order valence-corrected chi connectivity index (χ2v) is 4.99. The molecule has 0 atom stereocenters. The van der Waals surface area contributed by atoms with Crippen LogP contribution in [0.5, 0.6) is 0 Å². The summed E-state index contributed by atoms with van der Waals surface area (Å²) in [5.41, 5.74) is 0.772. The van der Waals surface area contributed by atoms with Gasteiger partial charge in [-0.25, -0.2) is 9.78 Å². The highest BCUT2D eigenvalue weighted by Gasteiger charge is 2.21. The fraction of sp³-hybridized carbons (Fsp3) is 0.429. The van der Waals surface area contributed by atoms with Gasteiger partial charge in [0.2, 0.25) is 0 Å². The number of rotatable bonds is 7. The molecule has 0 radical (unpaired) electrons. The van der Waals surface area contributed by atoms with E-state index in [1.807, 2.05) is 6.07 Å². The Bertz CT molecular complexity index is 619. The Morgan fingerprint density at radius 3 is 3.10 bits per heavy atom. The highest BCUT2D eigenvalue weighted by Crippen LogP contribution is 2.28. The summed E-state index contributed by atoms with van der Waals surface area (Å²) in [4.78, 5) is 15.6. The summed E-state index contributed by atoms with van der Waals surface area (Å²) in [6.45, 7) is 1.92. The molecule has 2 aromatic heterocycles. The van der Waals surface area contributed by atoms with Gasteiger partial charge in [-0.1, -0.05) is 6.07 Å². The standard InChI is InChI=1S/C14H17N3O3/c18-14(19)12-13(15-6-8-20-9-10-4-5-10)16-11-3-1-2-7-17(11)12/h1-3,7,10,15H,4-6,8-9H2,(H,18,19). The lowest BCUT2D eigenvalue weighted by atomic mass is 10.4. The molecule has 0 aliphatic heterocycles. The van der Waals surface area contributed by atoms with E-state index in [2.05, 4.69) is 10.3 Å². The van der Waals surface area contributed by atoms with E-state index in [0.29, 0.717) is 24.6 Å². The number of pyridine rings is 1. The van der Waals surface area contributed by atoms with Crippen LogP contribution in [0.25, 0.3) is 5.65 Å². The van der Waals surface area contributed by atoms with E-state index < -0.39 is 5.97 Å². The lowest BCUT2D eigenvalue weighted by molar-refractivity contribution is 0.0690. The van der Waals surface area contributed by atoms with Gasteiger partial charge in [0.15, 0.2) is 11.5 Å². The number of carboxylic acids is 1. The third kappa shape index (κ3) is 2.75. The van der Waals surface area contributed by atoms with Gasteiger partial charge in [-0.3, -0.25) is 4.40 Å². The van der Waals surface area contributed by atoms with Gasteiger partial charge in [0.05, 0.1) is 6.61 Å². The first-order chi connectivity index (χ1) is 9.75. The number of ether oxygens (including phenoxy) is 1. The molecule has 3 rings (SSSR count). The van der Waals surface area contributed by atoms with Gasteiger partial charge in [-0.15, -0.1) is 0 Å². The van der Waals surface area contributed by atoms with Crippen LogP contribution in [0, 0.1) is 5.92 Å². The largest absolute Gasteiger partial charge is 0.476 e. The summed E-state index contributed by atoms with van der Waals surface area (Å²) in [6.07, 6.45) is 4.23. The van der Waals surface area contributed by atoms with Crippen molar-refractivity contribution in [3.05, 3.63) is 30.1 Å². The summed E-state index contributed by atoms with van der Waals surface area (Å²) in [6, 6.07) is 5.39. The zero-order valence-corrected chi connectivity index (χ0v) is 11.1. The number of imidazole rings is 1. The molecule has 0 saturated heterocycles. The van der Waals surface area contributed by atoms with Crippen LogP contribution in [-0.2, 0) is 4.74 Å². The Morgan fingerprint density at radius 2 is 2.35 bits per heavy atom. The van der Waals surface area contributed by atoms with Crippen LogP contribution in [0.15, 0.2) is 24.4 Å². The Morgan fingerprint density at radius 1 is 1.50 bits per heavy atom. The van der Waals surface area contributed by atoms with Crippen molar-refractivity contribution in [3.8, 4) is 0 Å². The number of fused-ring (bicyclic) bond motifs is 1. The Labute approximate surface area is 116 Å². The van der Waals surface area contributed by atoms with Crippen LogP contribution in [0.4, 0.5) is 5.82 Å². The van der Waals surface area contributed by atoms with Crippen LogP contribution in [-0.4, -0.2) is 40.2 Å². The van der Waals surface area contributed by atoms with Crippen molar-refractivity contribution in [2.24, 2.45) is 5.92 Å². The normalized spacial score (nSPS) is 14.6. The molecule has 20 heavy (non-hydrogen) atoms. The van der Waals surface area contributed by atoms with Crippen molar-refractivity contribution in [3.63, 3.8) is 0 Å². The van der Waals surface area contributed by atoms with Gasteiger partial charge < -0.3 is 15.2 Å². The molecule has 1 aliphatic rings. The minimum atomic E-state index is -0.995. The third-order valence-corrected chi connectivity index (χ3v) is 3.32. The monoisotopic (exact) mass is 275 g/mol. The second-order valence-electron chi connectivity index (χ2n) is 4.99. The second kappa shape index (κ2) is 5.50. The SMILES string of the molecule is O=C(O)c1c(NCCOCC2CC2)nc2ccccn12. The van der Waals surface area contributed by atoms with E-state index in [-0.39, 0.29) is 5.69 Å². The lowest BCUT2D eigenvalue weighted by Crippen LogP contribution is -2.13. The van der Waals surface area contributed by atoms with Gasteiger partial charge in [-0.2, -0.15) is 0 Å². The molecule has 2 N–H and O–H groups in total. The van der Waals surface area contributed by atoms with Gasteiger partial charge in [0, 0.05) is 19.3 Å². The van der Waals surface area contributed by atoms with Crippen LogP contribution < -0.4 is 5.32 Å². The third-order valence-electron chi connectivity index (χ3n) is 3.32. The molecule has 1 saturated carbocycles. The van der Waals surface area contributed by atoms with E-state index in [4.69, 9.17) is 4.74 Å². The number of carbonyl (C=O) groups is 1. The zero-order chi connectivity index (χ0) is 13.9. The molecule has 0 aromatic carbocycles. The smallest absolute Gasteiger partial charge is 0.356 e. The number of hydrogen-bond donors (Lipinski definition) is 2. The maximum absolute atomic E-state index is 11.4. The molecule has 0 bridgehead atoms. The minimum absolute atomic E-state index is 0.155. The summed E-state index contributed by atoms with van der Waals surface area (Å²) in [5, 5.41) is 12.3. The predicted octanol–water partition coefficient (Wildman–Crippen LogP) is 1.87. The number of aromatic carboxylic acids is 1. The quantitative estimate of drug-likeness (QED) is 0.754. The minimum Gasteiger partial charge on any atom is -0.476 e. The predicted molar refractivity (Wildman–Crippen MR) is 74.2 cm³/mol. The Kier molecular flexibility index (Phi) is 3.56. The number of hydrogen-bond acceptors (Lipinski definition) is 4. The molecule has 106 valence electrons. The molecule has 1 aliphatic carbocycles. The Hall–Kier alpha value is -2.08. The van der Waals surface area contributed by atoms with E-state index >= 15 is 0 Å². The van der Waals surface area contributed by atoms with Crippen molar-refractivity contribution in [2.45, 2.75) is 12.8 Å². The van der Waals surface area contributed by atoms with Crippen LogP contribution in [0.1, 0.15) is 23.3 Å². The number of nitrogens with one attached hydrogen (secondary N) is 1. The summed E-state index contributed by atoms with van der Waals surface area (Å²) in [5.74, 6) is 0.128. The van der Waals surface area contributed by atoms with Crippen molar-refractivity contribution in [1.82, 2.24) is 9.38 Å². The summed E-state index contributed by atoms with van der Waals surface area (Å²) in [7, 11) is 0. The van der Waals surface area contributed by atoms with Crippen molar-refractivity contribution < 1.29 is 14.6 Å². The first-order valence-electron chi connectivity index (χ1n) is 6.77.